The van der Waals surface area contributed by atoms with Crippen LogP contribution in [0, 0.1) is 5.92 Å². The van der Waals surface area contributed by atoms with Crippen molar-refractivity contribution in [3.05, 3.63) is 29.8 Å². The van der Waals surface area contributed by atoms with Gasteiger partial charge in [-0.3, -0.25) is 0 Å². The van der Waals surface area contributed by atoms with Gasteiger partial charge in [-0.1, -0.05) is 25.1 Å². The molecule has 0 aliphatic heterocycles. The molecule has 2 atom stereocenters. The number of hydrogen-bond acceptors (Lipinski definition) is 3. The summed E-state index contributed by atoms with van der Waals surface area (Å²) in [5, 5.41) is 12.9. The third kappa shape index (κ3) is 5.68. The number of hydrogen-bond donors (Lipinski definition) is 2. The zero-order valence-electron chi connectivity index (χ0n) is 13.3. The maximum absolute atomic E-state index is 9.39. The van der Waals surface area contributed by atoms with Gasteiger partial charge in [0, 0.05) is 12.1 Å². The zero-order chi connectivity index (χ0) is 15.1. The van der Waals surface area contributed by atoms with Gasteiger partial charge in [-0.15, -0.1) is 0 Å². The minimum atomic E-state index is -0.222. The molecule has 2 rings (SSSR count). The number of aliphatic hydroxyl groups is 1. The van der Waals surface area contributed by atoms with Gasteiger partial charge in [0.05, 0.1) is 12.2 Å². The number of nitrogens with one attached hydrogen (secondary N) is 1. The van der Waals surface area contributed by atoms with Crippen LogP contribution in [0.15, 0.2) is 24.3 Å². The molecule has 3 heteroatoms. The Kier molecular flexibility index (Phi) is 6.52. The molecular weight excluding hydrogens is 262 g/mol. The van der Waals surface area contributed by atoms with E-state index in [1.54, 1.807) is 0 Å². The van der Waals surface area contributed by atoms with E-state index in [4.69, 9.17) is 4.74 Å². The molecule has 0 spiro atoms. The number of para-hydroxylation sites is 1. The maximum atomic E-state index is 9.39. The molecule has 3 nitrogen and oxygen atoms in total. The smallest absolute Gasteiger partial charge is 0.124 e. The van der Waals surface area contributed by atoms with Crippen molar-refractivity contribution in [3.63, 3.8) is 0 Å². The fraction of sp³-hybridized carbons (Fsp3) is 0.667. The van der Waals surface area contributed by atoms with Crippen molar-refractivity contribution in [2.75, 3.05) is 6.54 Å². The number of rotatable bonds is 8. The van der Waals surface area contributed by atoms with Crippen LogP contribution in [0.3, 0.4) is 0 Å². The minimum Gasteiger partial charge on any atom is -0.490 e. The van der Waals surface area contributed by atoms with Crippen LogP contribution in [0.1, 0.15) is 51.5 Å². The number of aliphatic hydroxyl groups excluding tert-OH is 1. The number of ether oxygens (including phenoxy) is 1. The summed E-state index contributed by atoms with van der Waals surface area (Å²) in [7, 11) is 0. The molecule has 1 aromatic carbocycles. The highest BCUT2D eigenvalue weighted by molar-refractivity contribution is 5.33. The molecule has 1 fully saturated rings. The highest BCUT2D eigenvalue weighted by Crippen LogP contribution is 2.26. The highest BCUT2D eigenvalue weighted by Gasteiger charge is 2.17. The SMILES string of the molecule is CC(O)CC(C)CNCc1ccccc1OC1CCCC1. The summed E-state index contributed by atoms with van der Waals surface area (Å²) >= 11 is 0. The summed E-state index contributed by atoms with van der Waals surface area (Å²) in [6.45, 7) is 5.76. The molecule has 0 heterocycles. The largest absolute Gasteiger partial charge is 0.490 e. The molecule has 21 heavy (non-hydrogen) atoms. The molecule has 118 valence electrons. The average molecular weight is 291 g/mol. The van der Waals surface area contributed by atoms with Crippen LogP contribution in [0.25, 0.3) is 0 Å². The van der Waals surface area contributed by atoms with Gasteiger partial charge < -0.3 is 15.2 Å². The van der Waals surface area contributed by atoms with Gasteiger partial charge in [-0.05, 0) is 57.6 Å². The van der Waals surface area contributed by atoms with Crippen LogP contribution in [0.4, 0.5) is 0 Å². The normalized spacial score (nSPS) is 18.6. The third-order valence-corrected chi connectivity index (χ3v) is 4.12. The van der Waals surface area contributed by atoms with Gasteiger partial charge in [0.2, 0.25) is 0 Å². The molecule has 1 aliphatic carbocycles. The Morgan fingerprint density at radius 3 is 2.67 bits per heavy atom. The van der Waals surface area contributed by atoms with Crippen LogP contribution in [0.5, 0.6) is 5.75 Å². The third-order valence-electron chi connectivity index (χ3n) is 4.12. The molecule has 0 aromatic heterocycles. The van der Waals surface area contributed by atoms with Crippen LogP contribution >= 0.6 is 0 Å². The summed E-state index contributed by atoms with van der Waals surface area (Å²) in [5.41, 5.74) is 1.23. The van der Waals surface area contributed by atoms with Gasteiger partial charge in [-0.25, -0.2) is 0 Å². The summed E-state index contributed by atoms with van der Waals surface area (Å²) in [6, 6.07) is 8.33. The molecule has 0 radical (unpaired) electrons. The van der Waals surface area contributed by atoms with Gasteiger partial charge in [0.25, 0.3) is 0 Å². The van der Waals surface area contributed by atoms with Gasteiger partial charge >= 0.3 is 0 Å². The van der Waals surface area contributed by atoms with Crippen molar-refractivity contribution in [2.45, 2.75) is 64.7 Å². The quantitative estimate of drug-likeness (QED) is 0.770. The number of benzene rings is 1. The van der Waals surface area contributed by atoms with E-state index in [9.17, 15) is 5.11 Å². The van der Waals surface area contributed by atoms with Crippen LogP contribution in [-0.4, -0.2) is 23.9 Å². The summed E-state index contributed by atoms with van der Waals surface area (Å²) in [5.74, 6) is 1.51. The summed E-state index contributed by atoms with van der Waals surface area (Å²) < 4.78 is 6.15. The first kappa shape index (κ1) is 16.3. The lowest BCUT2D eigenvalue weighted by Gasteiger charge is -2.18. The predicted octanol–water partition coefficient (Wildman–Crippen LogP) is 3.50. The van der Waals surface area contributed by atoms with Crippen molar-refractivity contribution >= 4 is 0 Å². The lowest BCUT2D eigenvalue weighted by molar-refractivity contribution is 0.163. The highest BCUT2D eigenvalue weighted by atomic mass is 16.5. The Morgan fingerprint density at radius 2 is 1.95 bits per heavy atom. The summed E-state index contributed by atoms with van der Waals surface area (Å²) in [6.07, 6.45) is 5.98. The second kappa shape index (κ2) is 8.40. The van der Waals surface area contributed by atoms with Crippen LogP contribution < -0.4 is 10.1 Å². The minimum absolute atomic E-state index is 0.222. The molecule has 0 bridgehead atoms. The van der Waals surface area contributed by atoms with E-state index in [0.29, 0.717) is 12.0 Å². The van der Waals surface area contributed by atoms with Crippen molar-refractivity contribution < 1.29 is 9.84 Å². The lowest BCUT2D eigenvalue weighted by atomic mass is 10.0. The molecule has 0 amide bonds. The monoisotopic (exact) mass is 291 g/mol. The second-order valence-electron chi connectivity index (χ2n) is 6.45. The van der Waals surface area contributed by atoms with Crippen molar-refractivity contribution in [2.24, 2.45) is 5.92 Å². The Morgan fingerprint density at radius 1 is 1.24 bits per heavy atom. The summed E-state index contributed by atoms with van der Waals surface area (Å²) in [4.78, 5) is 0. The Bertz CT molecular complexity index is 413. The first-order valence-electron chi connectivity index (χ1n) is 8.28. The Labute approximate surface area is 128 Å². The van der Waals surface area contributed by atoms with E-state index in [2.05, 4.69) is 30.4 Å². The second-order valence-corrected chi connectivity index (χ2v) is 6.45. The fourth-order valence-electron chi connectivity index (χ4n) is 3.07. The van der Waals surface area contributed by atoms with Gasteiger partial charge in [0.1, 0.15) is 5.75 Å². The average Bonchev–Trinajstić information content (AvgIpc) is 2.93. The van der Waals surface area contributed by atoms with Crippen molar-refractivity contribution in [1.29, 1.82) is 0 Å². The predicted molar refractivity (Wildman–Crippen MR) is 86.5 cm³/mol. The Balaban J connectivity index is 1.82. The molecular formula is C18H29NO2. The molecule has 1 saturated carbocycles. The van der Waals surface area contributed by atoms with E-state index >= 15 is 0 Å². The molecule has 1 aliphatic rings. The van der Waals surface area contributed by atoms with Crippen LogP contribution in [0.2, 0.25) is 0 Å². The first-order chi connectivity index (χ1) is 10.1. The van der Waals surface area contributed by atoms with E-state index < -0.39 is 0 Å². The van der Waals surface area contributed by atoms with E-state index in [-0.39, 0.29) is 6.10 Å². The molecule has 2 unspecified atom stereocenters. The molecule has 0 saturated heterocycles. The standard InChI is InChI=1S/C18H29NO2/c1-14(11-15(2)20)12-19-13-16-7-3-6-10-18(16)21-17-8-4-5-9-17/h3,6-7,10,14-15,17,19-20H,4-5,8-9,11-13H2,1-2H3. The first-order valence-corrected chi connectivity index (χ1v) is 8.28. The molecule has 1 aromatic rings. The fourth-order valence-corrected chi connectivity index (χ4v) is 3.07. The van der Waals surface area contributed by atoms with E-state index in [1.807, 2.05) is 13.0 Å². The van der Waals surface area contributed by atoms with Crippen molar-refractivity contribution in [3.8, 4) is 5.75 Å². The van der Waals surface area contributed by atoms with Crippen molar-refractivity contribution in [1.82, 2.24) is 5.32 Å². The van der Waals surface area contributed by atoms with E-state index in [1.165, 1.54) is 31.2 Å². The van der Waals surface area contributed by atoms with Crippen LogP contribution in [-0.2, 0) is 6.54 Å². The zero-order valence-corrected chi connectivity index (χ0v) is 13.3. The van der Waals surface area contributed by atoms with E-state index in [0.717, 1.165) is 25.3 Å². The molecule has 2 N–H and O–H groups in total. The Hall–Kier alpha value is -1.06. The van der Waals surface area contributed by atoms with Gasteiger partial charge in [0.15, 0.2) is 0 Å². The maximum Gasteiger partial charge on any atom is 0.124 e. The topological polar surface area (TPSA) is 41.5 Å². The van der Waals surface area contributed by atoms with Gasteiger partial charge in [-0.2, -0.15) is 0 Å². The lowest BCUT2D eigenvalue weighted by Crippen LogP contribution is -2.23.